The summed E-state index contributed by atoms with van der Waals surface area (Å²) in [7, 11) is 0. The normalized spacial score (nSPS) is 33.8. The molecule has 0 aliphatic carbocycles. The minimum Gasteiger partial charge on any atom is -0.459 e. The lowest BCUT2D eigenvalue weighted by Gasteiger charge is -2.43. The number of rotatable bonds is 6. The molecule has 116 valence electrons. The summed E-state index contributed by atoms with van der Waals surface area (Å²) in [5.74, 6) is -0.0497. The largest absolute Gasteiger partial charge is 0.459 e. The molecule has 0 N–H and O–H groups in total. The molecule has 1 rings (SSSR count). The smallest absolute Gasteiger partial charge is 0.303 e. The molecule has 5 nitrogen and oxygen atoms in total. The van der Waals surface area contributed by atoms with Crippen LogP contribution in [0.2, 0.25) is 0 Å². The molecule has 0 amide bonds. The van der Waals surface area contributed by atoms with Crippen LogP contribution in [0, 0.1) is 11.8 Å². The average molecular weight is 286 g/mol. The van der Waals surface area contributed by atoms with Gasteiger partial charge in [0.2, 0.25) is 0 Å². The van der Waals surface area contributed by atoms with E-state index in [2.05, 4.69) is 0 Å². The Balaban J connectivity index is 2.69. The van der Waals surface area contributed by atoms with Crippen molar-refractivity contribution in [3.63, 3.8) is 0 Å². The Morgan fingerprint density at radius 3 is 2.30 bits per heavy atom. The van der Waals surface area contributed by atoms with E-state index in [1.807, 2.05) is 27.7 Å². The zero-order chi connectivity index (χ0) is 15.3. The number of ketones is 1. The third-order valence-corrected chi connectivity index (χ3v) is 3.96. The maximum Gasteiger partial charge on any atom is 0.303 e. The Hall–Kier alpha value is -0.940. The lowest BCUT2D eigenvalue weighted by Crippen LogP contribution is -2.51. The van der Waals surface area contributed by atoms with Gasteiger partial charge in [0.25, 0.3) is 0 Å². The van der Waals surface area contributed by atoms with E-state index in [0.29, 0.717) is 6.42 Å². The maximum atomic E-state index is 11.4. The second-order valence-corrected chi connectivity index (χ2v) is 5.45. The molecule has 5 atom stereocenters. The first-order valence-corrected chi connectivity index (χ1v) is 7.36. The Kier molecular flexibility index (Phi) is 6.62. The van der Waals surface area contributed by atoms with Crippen LogP contribution in [0.4, 0.5) is 0 Å². The molecule has 0 radical (unpaired) electrons. The molecule has 0 bridgehead atoms. The van der Waals surface area contributed by atoms with E-state index in [9.17, 15) is 9.59 Å². The number of esters is 1. The molecule has 1 aliphatic rings. The highest BCUT2D eigenvalue weighted by Gasteiger charge is 2.43. The molecule has 5 unspecified atom stereocenters. The lowest BCUT2D eigenvalue weighted by molar-refractivity contribution is -0.265. The van der Waals surface area contributed by atoms with E-state index < -0.39 is 6.29 Å². The zero-order valence-electron chi connectivity index (χ0n) is 13.0. The van der Waals surface area contributed by atoms with Gasteiger partial charge in [-0.1, -0.05) is 27.7 Å². The van der Waals surface area contributed by atoms with Crippen molar-refractivity contribution in [3.05, 3.63) is 0 Å². The van der Waals surface area contributed by atoms with Crippen LogP contribution in [-0.4, -0.2) is 36.9 Å². The Morgan fingerprint density at radius 1 is 1.15 bits per heavy atom. The van der Waals surface area contributed by atoms with Gasteiger partial charge in [-0.25, -0.2) is 0 Å². The Bertz CT molecular complexity index is 339. The summed E-state index contributed by atoms with van der Waals surface area (Å²) < 4.78 is 16.9. The molecule has 1 heterocycles. The first-order valence-electron chi connectivity index (χ1n) is 7.36. The van der Waals surface area contributed by atoms with Gasteiger partial charge in [0.15, 0.2) is 12.1 Å². The molecule has 0 aromatic carbocycles. The van der Waals surface area contributed by atoms with Crippen molar-refractivity contribution in [1.29, 1.82) is 0 Å². The summed E-state index contributed by atoms with van der Waals surface area (Å²) in [5, 5.41) is 0. The number of hydrogen-bond donors (Lipinski definition) is 0. The number of carbonyl (C=O) groups excluding carboxylic acids is 2. The fourth-order valence-corrected chi connectivity index (χ4v) is 2.43. The SMILES string of the molecule is CCC(=O)COC1OC(CC)C(OC(C)=O)C(C)C1C. The lowest BCUT2D eigenvalue weighted by atomic mass is 9.84. The van der Waals surface area contributed by atoms with Gasteiger partial charge >= 0.3 is 5.97 Å². The second-order valence-electron chi connectivity index (χ2n) is 5.45. The summed E-state index contributed by atoms with van der Waals surface area (Å²) in [5.41, 5.74) is 0. The van der Waals surface area contributed by atoms with E-state index in [1.165, 1.54) is 6.92 Å². The minimum atomic E-state index is -0.419. The van der Waals surface area contributed by atoms with Gasteiger partial charge in [-0.3, -0.25) is 9.59 Å². The van der Waals surface area contributed by atoms with Crippen molar-refractivity contribution in [1.82, 2.24) is 0 Å². The summed E-state index contributed by atoms with van der Waals surface area (Å²) >= 11 is 0. The first kappa shape index (κ1) is 17.1. The van der Waals surface area contributed by atoms with E-state index in [1.54, 1.807) is 0 Å². The molecule has 0 aromatic rings. The van der Waals surface area contributed by atoms with Crippen molar-refractivity contribution in [2.75, 3.05) is 6.61 Å². The van der Waals surface area contributed by atoms with Gasteiger partial charge in [-0.15, -0.1) is 0 Å². The molecule has 20 heavy (non-hydrogen) atoms. The molecule has 0 saturated carbocycles. The fraction of sp³-hybridized carbons (Fsp3) is 0.867. The van der Waals surface area contributed by atoms with Crippen molar-refractivity contribution < 1.29 is 23.8 Å². The van der Waals surface area contributed by atoms with Crippen molar-refractivity contribution in [2.24, 2.45) is 11.8 Å². The van der Waals surface area contributed by atoms with Crippen molar-refractivity contribution in [3.8, 4) is 0 Å². The third kappa shape index (κ3) is 4.28. The number of hydrogen-bond acceptors (Lipinski definition) is 5. The van der Waals surface area contributed by atoms with Gasteiger partial charge in [0.1, 0.15) is 12.7 Å². The first-order chi connectivity index (χ1) is 9.40. The predicted molar refractivity (Wildman–Crippen MR) is 74.1 cm³/mol. The molecule has 0 aromatic heterocycles. The Labute approximate surface area is 121 Å². The van der Waals surface area contributed by atoms with Gasteiger partial charge < -0.3 is 14.2 Å². The minimum absolute atomic E-state index is 0.0589. The monoisotopic (exact) mass is 286 g/mol. The summed E-state index contributed by atoms with van der Waals surface area (Å²) in [4.78, 5) is 22.6. The fourth-order valence-electron chi connectivity index (χ4n) is 2.43. The van der Waals surface area contributed by atoms with Crippen LogP contribution in [0.3, 0.4) is 0 Å². The number of Topliss-reactive ketones (excluding diaryl/α,β-unsaturated/α-hetero) is 1. The highest BCUT2D eigenvalue weighted by Crippen LogP contribution is 2.34. The molecule has 0 spiro atoms. The topological polar surface area (TPSA) is 61.8 Å². The van der Waals surface area contributed by atoms with E-state index >= 15 is 0 Å². The van der Waals surface area contributed by atoms with Crippen molar-refractivity contribution >= 4 is 11.8 Å². The zero-order valence-corrected chi connectivity index (χ0v) is 13.0. The van der Waals surface area contributed by atoms with E-state index in [4.69, 9.17) is 14.2 Å². The highest BCUT2D eigenvalue weighted by atomic mass is 16.7. The van der Waals surface area contributed by atoms with Crippen LogP contribution in [-0.2, 0) is 23.8 Å². The molecule has 1 aliphatic heterocycles. The average Bonchev–Trinajstić information content (AvgIpc) is 2.42. The quantitative estimate of drug-likeness (QED) is 0.701. The summed E-state index contributed by atoms with van der Waals surface area (Å²) in [6.45, 7) is 9.30. The number of carbonyl (C=O) groups is 2. The van der Waals surface area contributed by atoms with Crippen molar-refractivity contribution in [2.45, 2.75) is 66.0 Å². The van der Waals surface area contributed by atoms with Crippen LogP contribution in [0.5, 0.6) is 0 Å². The number of ether oxygens (including phenoxy) is 3. The van der Waals surface area contributed by atoms with E-state index in [-0.39, 0.29) is 42.4 Å². The standard InChI is InChI=1S/C15H26O5/c1-6-12(17)8-18-15-10(4)9(3)14(19-11(5)16)13(7-2)20-15/h9-10,13-15H,6-8H2,1-5H3. The second kappa shape index (κ2) is 7.74. The van der Waals surface area contributed by atoms with E-state index in [0.717, 1.165) is 6.42 Å². The van der Waals surface area contributed by atoms with Crippen LogP contribution < -0.4 is 0 Å². The van der Waals surface area contributed by atoms with Gasteiger partial charge in [0.05, 0.1) is 6.10 Å². The predicted octanol–water partition coefficient (Wildman–Crippen LogP) is 2.32. The molecule has 1 fully saturated rings. The van der Waals surface area contributed by atoms with Crippen LogP contribution >= 0.6 is 0 Å². The third-order valence-electron chi connectivity index (χ3n) is 3.96. The van der Waals surface area contributed by atoms with Crippen LogP contribution in [0.25, 0.3) is 0 Å². The summed E-state index contributed by atoms with van der Waals surface area (Å²) in [6, 6.07) is 0. The summed E-state index contributed by atoms with van der Waals surface area (Å²) in [6.07, 6.45) is 0.332. The van der Waals surface area contributed by atoms with Gasteiger partial charge in [0, 0.05) is 25.2 Å². The maximum absolute atomic E-state index is 11.4. The molecular weight excluding hydrogens is 260 g/mol. The van der Waals surface area contributed by atoms with Crippen LogP contribution in [0.1, 0.15) is 47.5 Å². The molecule has 5 heteroatoms. The highest BCUT2D eigenvalue weighted by molar-refractivity contribution is 5.79. The van der Waals surface area contributed by atoms with Gasteiger partial charge in [-0.05, 0) is 6.42 Å². The molecule has 1 saturated heterocycles. The molecular formula is C15H26O5. The Morgan fingerprint density at radius 2 is 1.80 bits per heavy atom. The van der Waals surface area contributed by atoms with Crippen LogP contribution in [0.15, 0.2) is 0 Å². The van der Waals surface area contributed by atoms with Gasteiger partial charge in [-0.2, -0.15) is 0 Å².